The van der Waals surface area contributed by atoms with Crippen LogP contribution in [-0.4, -0.2) is 12.6 Å². The molecule has 3 heteroatoms. The summed E-state index contributed by atoms with van der Waals surface area (Å²) in [7, 11) is 0. The second kappa shape index (κ2) is 4.15. The zero-order valence-corrected chi connectivity index (χ0v) is 9.77. The maximum Gasteiger partial charge on any atom is 0.142 e. The van der Waals surface area contributed by atoms with Gasteiger partial charge in [0.15, 0.2) is 0 Å². The van der Waals surface area contributed by atoms with Gasteiger partial charge < -0.3 is 5.32 Å². The van der Waals surface area contributed by atoms with Crippen LogP contribution in [0.2, 0.25) is 0 Å². The van der Waals surface area contributed by atoms with Crippen molar-refractivity contribution in [2.45, 2.75) is 25.1 Å². The Morgan fingerprint density at radius 2 is 2.31 bits per heavy atom. The number of alkyl halides is 1. The number of halogens is 1. The lowest BCUT2D eigenvalue weighted by Gasteiger charge is -2.16. The van der Waals surface area contributed by atoms with Gasteiger partial charge in [0, 0.05) is 16.3 Å². The Morgan fingerprint density at radius 3 is 3.12 bits per heavy atom. The van der Waals surface area contributed by atoms with E-state index in [0.29, 0.717) is 0 Å². The van der Waals surface area contributed by atoms with Crippen LogP contribution in [0.1, 0.15) is 24.6 Å². The summed E-state index contributed by atoms with van der Waals surface area (Å²) >= 11 is 1.63. The van der Waals surface area contributed by atoms with E-state index in [4.69, 9.17) is 0 Å². The molecule has 1 aromatic carbocycles. The molecule has 0 aliphatic carbocycles. The monoisotopic (exact) mass is 235 g/mol. The molecule has 1 nitrogen and oxygen atoms in total. The van der Waals surface area contributed by atoms with E-state index in [2.05, 4.69) is 11.4 Å². The van der Waals surface area contributed by atoms with Gasteiger partial charge in [0.05, 0.1) is 0 Å². The second-order valence-electron chi connectivity index (χ2n) is 4.29. The smallest absolute Gasteiger partial charge is 0.142 e. The van der Waals surface area contributed by atoms with E-state index in [1.54, 1.807) is 11.3 Å². The molecular formula is C13H14FNS. The Kier molecular flexibility index (Phi) is 2.65. The maximum absolute atomic E-state index is 14.4. The molecule has 0 bridgehead atoms. The lowest BCUT2D eigenvalue weighted by molar-refractivity contribution is 0.273. The summed E-state index contributed by atoms with van der Waals surface area (Å²) in [6.45, 7) is 0.950. The number of benzene rings is 1. The largest absolute Gasteiger partial charge is 0.311 e. The Balaban J connectivity index is 2.00. The van der Waals surface area contributed by atoms with Crippen molar-refractivity contribution in [3.63, 3.8) is 0 Å². The molecule has 0 radical (unpaired) electrons. The molecule has 1 aromatic heterocycles. The Morgan fingerprint density at radius 1 is 1.38 bits per heavy atom. The molecule has 0 saturated carbocycles. The number of fused-ring (bicyclic) bond motifs is 1. The minimum atomic E-state index is -0.871. The molecule has 1 N–H and O–H groups in total. The van der Waals surface area contributed by atoms with E-state index in [9.17, 15) is 4.39 Å². The van der Waals surface area contributed by atoms with Gasteiger partial charge in [0.25, 0.3) is 0 Å². The highest BCUT2D eigenvalue weighted by Crippen LogP contribution is 2.34. The number of hydrogen-bond acceptors (Lipinski definition) is 2. The molecule has 2 aromatic rings. The highest BCUT2D eigenvalue weighted by molar-refractivity contribution is 7.17. The molecule has 0 spiro atoms. The normalized spacial score (nSPS) is 22.7. The molecule has 16 heavy (non-hydrogen) atoms. The fourth-order valence-corrected chi connectivity index (χ4v) is 3.35. The summed E-state index contributed by atoms with van der Waals surface area (Å²) in [6.07, 6.45) is 1.17. The topological polar surface area (TPSA) is 12.0 Å². The molecule has 3 rings (SSSR count). The van der Waals surface area contributed by atoms with Crippen LogP contribution in [0.15, 0.2) is 29.6 Å². The van der Waals surface area contributed by atoms with Crippen LogP contribution >= 0.6 is 11.3 Å². The van der Waals surface area contributed by atoms with Gasteiger partial charge in [-0.25, -0.2) is 4.39 Å². The third-order valence-corrected chi connectivity index (χ3v) is 4.24. The molecule has 2 heterocycles. The average molecular weight is 235 g/mol. The lowest BCUT2D eigenvalue weighted by atomic mass is 10.0. The van der Waals surface area contributed by atoms with Crippen LogP contribution in [0, 0.1) is 0 Å². The van der Waals surface area contributed by atoms with Crippen molar-refractivity contribution in [3.05, 3.63) is 35.2 Å². The Hall–Kier alpha value is -0.930. The third kappa shape index (κ3) is 1.64. The van der Waals surface area contributed by atoms with Gasteiger partial charge in [0.1, 0.15) is 6.17 Å². The predicted molar refractivity (Wildman–Crippen MR) is 66.7 cm³/mol. The van der Waals surface area contributed by atoms with Gasteiger partial charge >= 0.3 is 0 Å². The number of thiophene rings is 1. The maximum atomic E-state index is 14.4. The van der Waals surface area contributed by atoms with Crippen molar-refractivity contribution in [2.75, 3.05) is 6.54 Å². The highest BCUT2D eigenvalue weighted by Gasteiger charge is 2.26. The number of rotatable bonds is 2. The van der Waals surface area contributed by atoms with Crippen molar-refractivity contribution in [2.24, 2.45) is 0 Å². The zero-order valence-electron chi connectivity index (χ0n) is 8.95. The van der Waals surface area contributed by atoms with Crippen LogP contribution in [-0.2, 0) is 0 Å². The first-order valence-electron chi connectivity index (χ1n) is 5.70. The molecule has 1 fully saturated rings. The SMILES string of the molecule is FC(c1cccc2ccsc12)C1CCCN1. The zero-order chi connectivity index (χ0) is 11.0. The van der Waals surface area contributed by atoms with Crippen LogP contribution in [0.5, 0.6) is 0 Å². The average Bonchev–Trinajstić information content (AvgIpc) is 2.98. The van der Waals surface area contributed by atoms with E-state index in [1.807, 2.05) is 23.6 Å². The van der Waals surface area contributed by atoms with Crippen molar-refractivity contribution in [1.29, 1.82) is 0 Å². The van der Waals surface area contributed by atoms with Crippen molar-refractivity contribution in [3.8, 4) is 0 Å². The van der Waals surface area contributed by atoms with Crippen LogP contribution in [0.4, 0.5) is 4.39 Å². The molecule has 2 atom stereocenters. The van der Waals surface area contributed by atoms with Crippen molar-refractivity contribution in [1.82, 2.24) is 5.32 Å². The van der Waals surface area contributed by atoms with E-state index in [-0.39, 0.29) is 6.04 Å². The molecule has 2 unspecified atom stereocenters. The molecule has 1 saturated heterocycles. The fourth-order valence-electron chi connectivity index (χ4n) is 2.41. The van der Waals surface area contributed by atoms with Gasteiger partial charge in [-0.2, -0.15) is 0 Å². The van der Waals surface area contributed by atoms with Gasteiger partial charge in [0.2, 0.25) is 0 Å². The standard InChI is InChI=1S/C13H14FNS/c14-12(11-5-2-7-15-11)10-4-1-3-9-6-8-16-13(9)10/h1,3-4,6,8,11-12,15H,2,5,7H2. The van der Waals surface area contributed by atoms with Crippen LogP contribution in [0.3, 0.4) is 0 Å². The fraction of sp³-hybridized carbons (Fsp3) is 0.385. The first-order valence-corrected chi connectivity index (χ1v) is 6.58. The number of nitrogens with one attached hydrogen (secondary N) is 1. The molecule has 84 valence electrons. The molecule has 1 aliphatic rings. The van der Waals surface area contributed by atoms with Crippen molar-refractivity contribution >= 4 is 21.4 Å². The minimum Gasteiger partial charge on any atom is -0.311 e. The van der Waals surface area contributed by atoms with E-state index < -0.39 is 6.17 Å². The van der Waals surface area contributed by atoms with Gasteiger partial charge in [-0.3, -0.25) is 0 Å². The second-order valence-corrected chi connectivity index (χ2v) is 5.21. The molecule has 0 amide bonds. The van der Waals surface area contributed by atoms with Crippen LogP contribution < -0.4 is 5.32 Å². The predicted octanol–water partition coefficient (Wildman–Crippen LogP) is 3.66. The summed E-state index contributed by atoms with van der Waals surface area (Å²) < 4.78 is 15.5. The first-order chi connectivity index (χ1) is 7.86. The first kappa shape index (κ1) is 10.2. The summed E-state index contributed by atoms with van der Waals surface area (Å²) in [5.41, 5.74) is 0.854. The van der Waals surface area contributed by atoms with Gasteiger partial charge in [-0.05, 0) is 36.2 Å². The summed E-state index contributed by atoms with van der Waals surface area (Å²) in [6, 6.07) is 7.98. The third-order valence-electron chi connectivity index (χ3n) is 3.26. The summed E-state index contributed by atoms with van der Waals surface area (Å²) in [5.74, 6) is 0. The number of hydrogen-bond donors (Lipinski definition) is 1. The van der Waals surface area contributed by atoms with E-state index >= 15 is 0 Å². The van der Waals surface area contributed by atoms with Gasteiger partial charge in [-0.15, -0.1) is 11.3 Å². The Labute approximate surface area is 98.3 Å². The quantitative estimate of drug-likeness (QED) is 0.837. The van der Waals surface area contributed by atoms with Gasteiger partial charge in [-0.1, -0.05) is 18.2 Å². The minimum absolute atomic E-state index is 0.00713. The van der Waals surface area contributed by atoms with Crippen molar-refractivity contribution < 1.29 is 4.39 Å². The highest BCUT2D eigenvalue weighted by atomic mass is 32.1. The van der Waals surface area contributed by atoms with E-state index in [0.717, 1.165) is 35.0 Å². The Bertz CT molecular complexity index is 487. The molecular weight excluding hydrogens is 221 g/mol. The van der Waals surface area contributed by atoms with E-state index in [1.165, 1.54) is 0 Å². The summed E-state index contributed by atoms with van der Waals surface area (Å²) in [4.78, 5) is 0. The summed E-state index contributed by atoms with van der Waals surface area (Å²) in [5, 5.41) is 6.43. The lowest BCUT2D eigenvalue weighted by Crippen LogP contribution is -2.26. The van der Waals surface area contributed by atoms with Crippen LogP contribution in [0.25, 0.3) is 10.1 Å². The molecule has 1 aliphatic heterocycles.